The molecule has 1 fully saturated rings. The first-order valence-corrected chi connectivity index (χ1v) is 14.7. The number of allylic oxidation sites excluding steroid dienone is 2. The van der Waals surface area contributed by atoms with Crippen molar-refractivity contribution in [2.45, 2.75) is 115 Å². The van der Waals surface area contributed by atoms with E-state index in [-0.39, 0.29) is 42.1 Å². The average Bonchev–Trinajstić information content (AvgIpc) is 2.71. The zero-order chi connectivity index (χ0) is 22.8. The summed E-state index contributed by atoms with van der Waals surface area (Å²) in [6, 6.07) is 0. The van der Waals surface area contributed by atoms with Crippen LogP contribution in [-0.4, -0.2) is 36.3 Å². The summed E-state index contributed by atoms with van der Waals surface area (Å²) in [4.78, 5) is 21.3. The fourth-order valence-electron chi connectivity index (χ4n) is 3.66. The normalized spacial score (nSPS) is 20.6. The smallest absolute Gasteiger partial charge is 0.660 e. The van der Waals surface area contributed by atoms with Crippen LogP contribution < -0.4 is 29.6 Å². The summed E-state index contributed by atoms with van der Waals surface area (Å²) >= 11 is 4.41. The summed E-state index contributed by atoms with van der Waals surface area (Å²) < 4.78 is 27.0. The second-order valence-electron chi connectivity index (χ2n) is 8.34. The fourth-order valence-corrected chi connectivity index (χ4v) is 4.58. The van der Waals surface area contributed by atoms with E-state index in [0.717, 1.165) is 25.7 Å². The number of unbranched alkanes of at least 4 members (excludes halogenated alkanes) is 11. The number of carbonyl (C=O) groups is 1. The average molecular weight is 501 g/mol. The first kappa shape index (κ1) is 32.7. The first-order valence-electron chi connectivity index (χ1n) is 12.1. The van der Waals surface area contributed by atoms with Gasteiger partial charge in [0.05, 0.1) is 6.61 Å². The molecule has 6 nitrogen and oxygen atoms in total. The zero-order valence-electron chi connectivity index (χ0n) is 20.2. The summed E-state index contributed by atoms with van der Waals surface area (Å²) in [7, 11) is 0. The Labute approximate surface area is 222 Å². The Morgan fingerprint density at radius 3 is 2.16 bits per heavy atom. The minimum atomic E-state index is -4.04. The molecule has 3 atom stereocenters. The van der Waals surface area contributed by atoms with Crippen LogP contribution in [0.3, 0.4) is 0 Å². The van der Waals surface area contributed by atoms with Gasteiger partial charge in [-0.15, -0.1) is 0 Å². The fraction of sp³-hybridized carbons (Fsp3) is 0.870. The Kier molecular flexibility index (Phi) is 21.4. The monoisotopic (exact) mass is 500 g/mol. The Morgan fingerprint density at radius 1 is 1.00 bits per heavy atom. The van der Waals surface area contributed by atoms with Gasteiger partial charge in [-0.25, -0.2) is 0 Å². The van der Waals surface area contributed by atoms with Gasteiger partial charge in [-0.1, -0.05) is 70.4 Å². The van der Waals surface area contributed by atoms with Crippen molar-refractivity contribution in [2.75, 3.05) is 13.2 Å². The van der Waals surface area contributed by atoms with Gasteiger partial charge in [-0.3, -0.25) is 9.36 Å². The SMILES string of the molecule is CCCCCCCCC=CCCCCCCCC(=O)OC1COCCC1OP(=O)(O)[S-].[Na+]. The molecule has 1 N–H and O–H groups in total. The minimum absolute atomic E-state index is 0. The third-order valence-corrected chi connectivity index (χ3v) is 6.23. The maximum Gasteiger partial charge on any atom is 1.00 e. The van der Waals surface area contributed by atoms with Crippen LogP contribution in [0.4, 0.5) is 0 Å². The molecule has 0 aliphatic carbocycles. The molecule has 3 unspecified atom stereocenters. The van der Waals surface area contributed by atoms with Crippen LogP contribution >= 0.6 is 6.80 Å². The second kappa shape index (κ2) is 21.0. The van der Waals surface area contributed by atoms with E-state index in [1.165, 1.54) is 57.8 Å². The number of ether oxygens (including phenoxy) is 2. The van der Waals surface area contributed by atoms with Crippen molar-refractivity contribution < 1.29 is 57.8 Å². The van der Waals surface area contributed by atoms with Crippen LogP contribution in [0, 0.1) is 0 Å². The third kappa shape index (κ3) is 19.0. The molecule has 0 aromatic heterocycles. The van der Waals surface area contributed by atoms with E-state index in [9.17, 15) is 14.3 Å². The second-order valence-corrected chi connectivity index (χ2v) is 10.9. The van der Waals surface area contributed by atoms with Gasteiger partial charge in [-0.05, 0) is 32.1 Å². The summed E-state index contributed by atoms with van der Waals surface area (Å²) in [5.74, 6) is -0.320. The van der Waals surface area contributed by atoms with E-state index in [1.54, 1.807) is 0 Å². The molecule has 1 heterocycles. The van der Waals surface area contributed by atoms with Crippen LogP contribution in [0.5, 0.6) is 0 Å². The maximum atomic E-state index is 12.1. The Bertz CT molecular complexity index is 543. The molecule has 0 bridgehead atoms. The molecular formula is C23H42NaO6PS. The number of esters is 1. The van der Waals surface area contributed by atoms with Crippen molar-refractivity contribution in [3.05, 3.63) is 12.2 Å². The largest absolute Gasteiger partial charge is 1.00 e. The third-order valence-electron chi connectivity index (χ3n) is 5.44. The predicted molar refractivity (Wildman–Crippen MR) is 127 cm³/mol. The van der Waals surface area contributed by atoms with Crippen molar-refractivity contribution in [1.29, 1.82) is 0 Å². The van der Waals surface area contributed by atoms with Crippen molar-refractivity contribution in [3.63, 3.8) is 0 Å². The summed E-state index contributed by atoms with van der Waals surface area (Å²) in [6.45, 7) is -1.23. The maximum absolute atomic E-state index is 12.1. The molecule has 0 aromatic rings. The van der Waals surface area contributed by atoms with Gasteiger partial charge in [0.1, 0.15) is 6.10 Å². The van der Waals surface area contributed by atoms with Gasteiger partial charge < -0.3 is 31.1 Å². The molecule has 0 saturated carbocycles. The van der Waals surface area contributed by atoms with Crippen molar-refractivity contribution >= 4 is 25.0 Å². The van der Waals surface area contributed by atoms with Gasteiger partial charge in [-0.2, -0.15) is 0 Å². The van der Waals surface area contributed by atoms with Crippen molar-refractivity contribution in [2.24, 2.45) is 0 Å². The predicted octanol–water partition coefficient (Wildman–Crippen LogP) is 3.39. The van der Waals surface area contributed by atoms with E-state index in [1.807, 2.05) is 0 Å². The molecule has 0 spiro atoms. The Balaban J connectivity index is 0.00000961. The molecule has 1 aliphatic heterocycles. The van der Waals surface area contributed by atoms with Crippen molar-refractivity contribution in [3.8, 4) is 0 Å². The van der Waals surface area contributed by atoms with Crippen LogP contribution in [0.25, 0.3) is 0 Å². The molecule has 0 radical (unpaired) electrons. The van der Waals surface area contributed by atoms with Gasteiger partial charge in [0.2, 0.25) is 0 Å². The number of hydrogen-bond donors (Lipinski definition) is 1. The van der Waals surface area contributed by atoms with Crippen molar-refractivity contribution in [1.82, 2.24) is 0 Å². The molecule has 182 valence electrons. The summed E-state index contributed by atoms with van der Waals surface area (Å²) in [5.41, 5.74) is 0. The van der Waals surface area contributed by atoms with Gasteiger partial charge in [0.15, 0.2) is 12.9 Å². The Morgan fingerprint density at radius 2 is 1.56 bits per heavy atom. The van der Waals surface area contributed by atoms with E-state index in [0.29, 0.717) is 19.4 Å². The topological polar surface area (TPSA) is 82.1 Å². The molecule has 32 heavy (non-hydrogen) atoms. The quantitative estimate of drug-likeness (QED) is 0.0772. The van der Waals surface area contributed by atoms with Crippen LogP contribution in [-0.2, 0) is 35.6 Å². The standard InChI is InChI=1S/C23H43O6PS.Na/c1-2-3-4-5-6-7-8-9-10-11-12-13-14-15-16-17-23(24)28-22-20-27-19-18-21(22)29-30(25,26)31;/h9-10,21-22H,2-8,11-20H2,1H3,(H2,25,26,31);/q;+1/p-1. The minimum Gasteiger partial charge on any atom is -0.660 e. The molecule has 0 amide bonds. The molecule has 0 aromatic carbocycles. The van der Waals surface area contributed by atoms with Crippen LogP contribution in [0.2, 0.25) is 0 Å². The molecule has 1 saturated heterocycles. The first-order chi connectivity index (χ1) is 14.9. The summed E-state index contributed by atoms with van der Waals surface area (Å²) in [6.07, 6.45) is 19.7. The molecular weight excluding hydrogens is 458 g/mol. The number of rotatable bonds is 18. The van der Waals surface area contributed by atoms with Crippen LogP contribution in [0.15, 0.2) is 12.2 Å². The van der Waals surface area contributed by atoms with Gasteiger partial charge in [0, 0.05) is 19.4 Å². The number of hydrogen-bond acceptors (Lipinski definition) is 6. The molecule has 1 rings (SSSR count). The van der Waals surface area contributed by atoms with Gasteiger partial charge in [0.25, 0.3) is 0 Å². The van der Waals surface area contributed by atoms with E-state index < -0.39 is 19.0 Å². The molecule has 9 heteroatoms. The van der Waals surface area contributed by atoms with E-state index in [4.69, 9.17) is 14.0 Å². The van der Waals surface area contributed by atoms with Crippen LogP contribution in [0.1, 0.15) is 103 Å². The van der Waals surface area contributed by atoms with E-state index >= 15 is 0 Å². The number of carbonyl (C=O) groups excluding carboxylic acids is 1. The van der Waals surface area contributed by atoms with E-state index in [2.05, 4.69) is 31.3 Å². The van der Waals surface area contributed by atoms with Gasteiger partial charge >= 0.3 is 35.5 Å². The Hall–Kier alpha value is 0.670. The summed E-state index contributed by atoms with van der Waals surface area (Å²) in [5, 5.41) is 0. The zero-order valence-corrected chi connectivity index (χ0v) is 23.9. The molecule has 1 aliphatic rings.